The molecule has 184 valence electrons. The lowest BCUT2D eigenvalue weighted by Gasteiger charge is -2.26. The van der Waals surface area contributed by atoms with E-state index in [2.05, 4.69) is 20.6 Å². The van der Waals surface area contributed by atoms with Gasteiger partial charge in [-0.05, 0) is 54.6 Å². The van der Waals surface area contributed by atoms with Crippen molar-refractivity contribution in [3.63, 3.8) is 0 Å². The molecule has 4 heterocycles. The zero-order valence-electron chi connectivity index (χ0n) is 18.8. The van der Waals surface area contributed by atoms with Gasteiger partial charge < -0.3 is 9.30 Å². The Morgan fingerprint density at radius 3 is 2.56 bits per heavy atom. The Morgan fingerprint density at radius 2 is 1.82 bits per heavy atom. The largest absolute Gasteiger partial charge is 0.379 e. The molecule has 34 heavy (non-hydrogen) atoms. The first-order valence-corrected chi connectivity index (χ1v) is 11.1. The molecule has 0 saturated carbocycles. The van der Waals surface area contributed by atoms with Crippen molar-refractivity contribution in [3.05, 3.63) is 64.9 Å². The number of amides is 1. The number of fused-ring (bicyclic) bond motifs is 3. The van der Waals surface area contributed by atoms with Gasteiger partial charge in [0.25, 0.3) is 5.91 Å². The number of morpholine rings is 1. The van der Waals surface area contributed by atoms with E-state index in [9.17, 15) is 14.4 Å². The van der Waals surface area contributed by atoms with E-state index in [0.717, 1.165) is 72.8 Å². The molecular formula is C24H29Cl2FN4O3. The first kappa shape index (κ1) is 26.4. The van der Waals surface area contributed by atoms with Crippen molar-refractivity contribution in [3.8, 4) is 0 Å². The second kappa shape index (κ2) is 11.5. The second-order valence-corrected chi connectivity index (χ2v) is 8.49. The second-order valence-electron chi connectivity index (χ2n) is 8.49. The van der Waals surface area contributed by atoms with Crippen molar-refractivity contribution in [2.45, 2.75) is 25.8 Å². The van der Waals surface area contributed by atoms with Crippen LogP contribution in [0.2, 0.25) is 0 Å². The van der Waals surface area contributed by atoms with Crippen LogP contribution in [0.3, 0.4) is 0 Å². The summed E-state index contributed by atoms with van der Waals surface area (Å²) in [5, 5.41) is 11.7. The molecule has 2 aliphatic heterocycles. The SMILES string of the molecule is Cl.Cl.O=C1c2ncc3c(c(CCCN4CCOCC4)cn3Cc3ccc(F)cc3)c2CCN1O. The molecule has 1 N–H and O–H groups in total. The van der Waals surface area contributed by atoms with Crippen molar-refractivity contribution in [2.75, 3.05) is 39.4 Å². The lowest BCUT2D eigenvalue weighted by atomic mass is 9.97. The van der Waals surface area contributed by atoms with Gasteiger partial charge in [-0.15, -0.1) is 24.8 Å². The average Bonchev–Trinajstić information content (AvgIpc) is 3.16. The predicted octanol–water partition coefficient (Wildman–Crippen LogP) is 3.72. The minimum atomic E-state index is -0.446. The first-order valence-electron chi connectivity index (χ1n) is 11.1. The van der Waals surface area contributed by atoms with Gasteiger partial charge in [0.2, 0.25) is 0 Å². The minimum absolute atomic E-state index is 0. The van der Waals surface area contributed by atoms with Crippen LogP contribution in [0.5, 0.6) is 0 Å². The number of benzene rings is 1. The molecule has 0 spiro atoms. The van der Waals surface area contributed by atoms with Crippen molar-refractivity contribution in [1.29, 1.82) is 0 Å². The van der Waals surface area contributed by atoms with E-state index in [0.29, 0.717) is 18.7 Å². The van der Waals surface area contributed by atoms with Crippen molar-refractivity contribution in [1.82, 2.24) is 19.5 Å². The highest BCUT2D eigenvalue weighted by molar-refractivity contribution is 6.00. The average molecular weight is 511 g/mol. The molecule has 10 heteroatoms. The monoisotopic (exact) mass is 510 g/mol. The fourth-order valence-electron chi connectivity index (χ4n) is 4.73. The summed E-state index contributed by atoms with van der Waals surface area (Å²) < 4.78 is 20.9. The van der Waals surface area contributed by atoms with Crippen molar-refractivity contribution < 1.29 is 19.1 Å². The maximum absolute atomic E-state index is 13.3. The summed E-state index contributed by atoms with van der Waals surface area (Å²) in [5.41, 5.74) is 4.40. The van der Waals surface area contributed by atoms with Crippen LogP contribution in [-0.4, -0.2) is 70.0 Å². The molecule has 0 unspecified atom stereocenters. The Balaban J connectivity index is 0.00000162. The summed E-state index contributed by atoms with van der Waals surface area (Å²) in [4.78, 5) is 19.3. The topological polar surface area (TPSA) is 70.8 Å². The quantitative estimate of drug-likeness (QED) is 0.511. The Labute approximate surface area is 210 Å². The molecule has 7 nitrogen and oxygen atoms in total. The van der Waals surface area contributed by atoms with E-state index in [1.807, 2.05) is 0 Å². The highest BCUT2D eigenvalue weighted by atomic mass is 35.5. The van der Waals surface area contributed by atoms with Crippen LogP contribution in [0.1, 0.15) is 33.6 Å². The zero-order valence-corrected chi connectivity index (χ0v) is 20.4. The number of pyridine rings is 1. The molecule has 5 rings (SSSR count). The van der Waals surface area contributed by atoms with Gasteiger partial charge >= 0.3 is 0 Å². The summed E-state index contributed by atoms with van der Waals surface area (Å²) in [5.74, 6) is -0.698. The number of rotatable bonds is 6. The first-order chi connectivity index (χ1) is 15.6. The van der Waals surface area contributed by atoms with Crippen LogP contribution >= 0.6 is 24.8 Å². The number of nitrogens with zero attached hydrogens (tertiary/aromatic N) is 4. The van der Waals surface area contributed by atoms with E-state index in [1.165, 1.54) is 17.7 Å². The van der Waals surface area contributed by atoms with Crippen molar-refractivity contribution in [2.24, 2.45) is 0 Å². The van der Waals surface area contributed by atoms with Crippen LogP contribution in [0.15, 0.2) is 36.7 Å². The third kappa shape index (κ3) is 5.37. The standard InChI is InChI=1S/C24H27FN4O3.2ClH/c25-19-5-3-17(4-6-19)15-28-16-18(2-1-8-27-10-12-32-13-11-27)22-20-7-9-29(31)24(30)23(20)26-14-21(22)28;;/h3-6,14,16,31H,1-2,7-13,15H2;2*1H. The van der Waals surface area contributed by atoms with Gasteiger partial charge in [-0.3, -0.25) is 14.9 Å². The number of hydrogen-bond acceptors (Lipinski definition) is 5. The van der Waals surface area contributed by atoms with Crippen LogP contribution in [0, 0.1) is 5.82 Å². The molecule has 2 aliphatic rings. The molecule has 3 aromatic rings. The van der Waals surface area contributed by atoms with Crippen LogP contribution < -0.4 is 0 Å². The number of carbonyl (C=O) groups is 1. The number of aryl methyl sites for hydroxylation is 1. The molecule has 0 bridgehead atoms. The van der Waals surface area contributed by atoms with Gasteiger partial charge in [0.15, 0.2) is 0 Å². The number of aromatic nitrogens is 2. The molecule has 2 aromatic heterocycles. The Bertz CT molecular complexity index is 1130. The molecule has 0 aliphatic carbocycles. The van der Waals surface area contributed by atoms with E-state index in [4.69, 9.17) is 4.74 Å². The maximum atomic E-state index is 13.3. The molecule has 0 atom stereocenters. The van der Waals surface area contributed by atoms with Gasteiger partial charge in [0.1, 0.15) is 11.5 Å². The van der Waals surface area contributed by atoms with Crippen LogP contribution in [0.25, 0.3) is 10.9 Å². The smallest absolute Gasteiger partial charge is 0.296 e. The van der Waals surface area contributed by atoms with Crippen LogP contribution in [-0.2, 0) is 24.1 Å². The minimum Gasteiger partial charge on any atom is -0.379 e. The molecular weight excluding hydrogens is 482 g/mol. The third-order valence-corrected chi connectivity index (χ3v) is 6.40. The number of carbonyl (C=O) groups excluding carboxylic acids is 1. The van der Waals surface area contributed by atoms with Gasteiger partial charge in [0.05, 0.1) is 31.5 Å². The Morgan fingerprint density at radius 1 is 1.09 bits per heavy atom. The maximum Gasteiger partial charge on any atom is 0.296 e. The van der Waals surface area contributed by atoms with E-state index >= 15 is 0 Å². The lowest BCUT2D eigenvalue weighted by Crippen LogP contribution is -2.37. The molecule has 1 amide bonds. The summed E-state index contributed by atoms with van der Waals surface area (Å²) in [6.45, 7) is 5.37. The fourth-order valence-corrected chi connectivity index (χ4v) is 4.73. The predicted molar refractivity (Wildman–Crippen MR) is 132 cm³/mol. The number of halogens is 3. The lowest BCUT2D eigenvalue weighted by molar-refractivity contribution is -0.0606. The number of hydroxylamine groups is 2. The molecule has 1 fully saturated rings. The Hall–Kier alpha value is -2.23. The fraction of sp³-hybridized carbons (Fsp3) is 0.417. The summed E-state index contributed by atoms with van der Waals surface area (Å²) in [6, 6.07) is 6.52. The number of hydrogen-bond donors (Lipinski definition) is 1. The highest BCUT2D eigenvalue weighted by Crippen LogP contribution is 2.31. The normalized spacial score (nSPS) is 16.2. The summed E-state index contributed by atoms with van der Waals surface area (Å²) in [6.07, 6.45) is 6.33. The zero-order chi connectivity index (χ0) is 22.1. The molecule has 1 aromatic carbocycles. The van der Waals surface area contributed by atoms with Gasteiger partial charge in [0, 0.05) is 31.2 Å². The molecule has 1 saturated heterocycles. The highest BCUT2D eigenvalue weighted by Gasteiger charge is 2.28. The third-order valence-electron chi connectivity index (χ3n) is 6.40. The Kier molecular flexibility index (Phi) is 8.89. The van der Waals surface area contributed by atoms with E-state index in [-0.39, 0.29) is 37.2 Å². The van der Waals surface area contributed by atoms with Gasteiger partial charge in [-0.25, -0.2) is 14.4 Å². The summed E-state index contributed by atoms with van der Waals surface area (Å²) in [7, 11) is 0. The van der Waals surface area contributed by atoms with Gasteiger partial charge in [-0.2, -0.15) is 0 Å². The van der Waals surface area contributed by atoms with Crippen molar-refractivity contribution >= 4 is 41.6 Å². The number of ether oxygens (including phenoxy) is 1. The molecule has 0 radical (unpaired) electrons. The van der Waals surface area contributed by atoms with E-state index in [1.54, 1.807) is 18.3 Å². The van der Waals surface area contributed by atoms with Crippen LogP contribution in [0.4, 0.5) is 4.39 Å². The summed E-state index contributed by atoms with van der Waals surface area (Å²) >= 11 is 0. The van der Waals surface area contributed by atoms with Gasteiger partial charge in [-0.1, -0.05) is 12.1 Å². The van der Waals surface area contributed by atoms with E-state index < -0.39 is 5.91 Å².